The molecule has 2 aromatic carbocycles. The first-order chi connectivity index (χ1) is 10.1. The number of aromatic carboxylic acids is 1. The average molecular weight is 286 g/mol. The van der Waals surface area contributed by atoms with Crippen LogP contribution in [0.2, 0.25) is 0 Å². The summed E-state index contributed by atoms with van der Waals surface area (Å²) in [5.74, 6) is -0.492. The molecule has 0 aliphatic rings. The van der Waals surface area contributed by atoms with Crippen molar-refractivity contribution in [2.24, 2.45) is 5.11 Å². The Morgan fingerprint density at radius 2 is 1.90 bits per heavy atom. The minimum atomic E-state index is -1.17. The van der Waals surface area contributed by atoms with Crippen molar-refractivity contribution >= 4 is 17.3 Å². The molecule has 21 heavy (non-hydrogen) atoms. The van der Waals surface area contributed by atoms with Gasteiger partial charge < -0.3 is 15.1 Å². The fourth-order valence-corrected chi connectivity index (χ4v) is 1.76. The van der Waals surface area contributed by atoms with E-state index in [1.165, 1.54) is 12.1 Å². The number of hydrogen-bond acceptors (Lipinski definition) is 4. The van der Waals surface area contributed by atoms with Gasteiger partial charge in [-0.2, -0.15) is 0 Å². The lowest BCUT2D eigenvalue weighted by Crippen LogP contribution is -2.02. The fraction of sp³-hybridized carbons (Fsp3) is 0.133. The Morgan fingerprint density at radius 1 is 1.24 bits per heavy atom. The van der Waals surface area contributed by atoms with Crippen molar-refractivity contribution in [3.8, 4) is 5.75 Å². The second kappa shape index (κ2) is 6.51. The van der Waals surface area contributed by atoms with Crippen molar-refractivity contribution in [3.63, 3.8) is 0 Å². The molecule has 6 heteroatoms. The highest BCUT2D eigenvalue weighted by atomic mass is 16.5. The summed E-state index contributed by atoms with van der Waals surface area (Å²) in [6, 6.07) is 12.5. The van der Waals surface area contributed by atoms with Crippen LogP contribution in [0.1, 0.15) is 17.3 Å². The quantitative estimate of drug-likeness (QED) is 0.516. The summed E-state index contributed by atoms with van der Waals surface area (Å²) in [5.41, 5.74) is 0.301. The summed E-state index contributed by atoms with van der Waals surface area (Å²) < 4.78 is 5.29. The lowest BCUT2D eigenvalue weighted by molar-refractivity contribution is -0.435. The molecule has 0 saturated carbocycles. The number of rotatable bonds is 5. The number of para-hydroxylation sites is 1. The molecule has 0 radical (unpaired) electrons. The smallest absolute Gasteiger partial charge is 0.342 e. The van der Waals surface area contributed by atoms with Gasteiger partial charge in [0.15, 0.2) is 0 Å². The van der Waals surface area contributed by atoms with Crippen LogP contribution in [-0.2, 0) is 0 Å². The van der Waals surface area contributed by atoms with Gasteiger partial charge in [0.2, 0.25) is 0 Å². The molecule has 0 aliphatic heterocycles. The lowest BCUT2D eigenvalue weighted by Gasteiger charge is -2.04. The summed E-state index contributed by atoms with van der Waals surface area (Å²) in [4.78, 5) is 11.4. The Morgan fingerprint density at radius 3 is 2.52 bits per heavy atom. The zero-order valence-electron chi connectivity index (χ0n) is 11.4. The number of nitrogens with zero attached hydrogens (tertiary/aromatic N) is 2. The van der Waals surface area contributed by atoms with E-state index in [2.05, 4.69) is 5.11 Å². The molecular formula is C15H14N2O4. The number of azo groups is 1. The second-order valence-corrected chi connectivity index (χ2v) is 4.12. The standard InChI is InChI=1S/C15H14N2O4/c1-2-21-12-9-7-11(8-10-12)16-17(20)14-6-4-3-5-13(14)15(18)19/h3-10H,2H2,1H3,(H,18,19). The van der Waals surface area contributed by atoms with Gasteiger partial charge in [0.1, 0.15) is 17.0 Å². The first-order valence-corrected chi connectivity index (χ1v) is 6.36. The highest BCUT2D eigenvalue weighted by Crippen LogP contribution is 2.23. The largest absolute Gasteiger partial charge is 0.594 e. The van der Waals surface area contributed by atoms with Gasteiger partial charge in [-0.15, -0.1) is 0 Å². The number of carboxylic acids is 1. The van der Waals surface area contributed by atoms with Crippen LogP contribution in [0, 0.1) is 5.21 Å². The molecule has 0 unspecified atom stereocenters. The molecule has 2 rings (SSSR count). The SMILES string of the molecule is CCOc1ccc(N=[N+]([O-])c2ccccc2C(=O)O)cc1. The van der Waals surface area contributed by atoms with Crippen LogP contribution in [0.4, 0.5) is 11.4 Å². The molecule has 0 fully saturated rings. The van der Waals surface area contributed by atoms with Crippen LogP contribution in [0.3, 0.4) is 0 Å². The van der Waals surface area contributed by atoms with E-state index in [1.54, 1.807) is 36.4 Å². The maximum Gasteiger partial charge on any atom is 0.342 e. The van der Waals surface area contributed by atoms with Crippen LogP contribution in [0.25, 0.3) is 0 Å². The van der Waals surface area contributed by atoms with Crippen LogP contribution < -0.4 is 4.74 Å². The highest BCUT2D eigenvalue weighted by Gasteiger charge is 2.17. The van der Waals surface area contributed by atoms with Crippen molar-refractivity contribution in [2.45, 2.75) is 6.92 Å². The van der Waals surface area contributed by atoms with Crippen LogP contribution in [-0.4, -0.2) is 22.5 Å². The maximum atomic E-state index is 12.0. The fourth-order valence-electron chi connectivity index (χ4n) is 1.76. The van der Waals surface area contributed by atoms with E-state index >= 15 is 0 Å². The average Bonchev–Trinajstić information content (AvgIpc) is 2.49. The molecule has 2 aromatic rings. The zero-order valence-corrected chi connectivity index (χ0v) is 11.4. The molecule has 0 amide bonds. The highest BCUT2D eigenvalue weighted by molar-refractivity contribution is 5.92. The predicted molar refractivity (Wildman–Crippen MR) is 76.4 cm³/mol. The summed E-state index contributed by atoms with van der Waals surface area (Å²) in [7, 11) is 0. The number of benzene rings is 2. The Hall–Kier alpha value is -2.89. The van der Waals surface area contributed by atoms with Gasteiger partial charge in [-0.25, -0.2) is 4.79 Å². The molecule has 0 spiro atoms. The normalized spacial score (nSPS) is 11.2. The first kappa shape index (κ1) is 14.5. The van der Waals surface area contributed by atoms with Crippen LogP contribution in [0.5, 0.6) is 5.75 Å². The van der Waals surface area contributed by atoms with Gasteiger partial charge in [-0.3, -0.25) is 0 Å². The minimum Gasteiger partial charge on any atom is -0.594 e. The van der Waals surface area contributed by atoms with E-state index < -0.39 is 5.97 Å². The molecule has 6 nitrogen and oxygen atoms in total. The van der Waals surface area contributed by atoms with Crippen LogP contribution >= 0.6 is 0 Å². The van der Waals surface area contributed by atoms with E-state index in [0.29, 0.717) is 22.9 Å². The summed E-state index contributed by atoms with van der Waals surface area (Å²) in [6.45, 7) is 2.43. The molecule has 108 valence electrons. The van der Waals surface area contributed by atoms with Crippen molar-refractivity contribution in [3.05, 3.63) is 59.3 Å². The van der Waals surface area contributed by atoms with Crippen molar-refractivity contribution in [1.29, 1.82) is 0 Å². The third-order valence-corrected chi connectivity index (χ3v) is 2.69. The Bertz CT molecular complexity index is 666. The van der Waals surface area contributed by atoms with Gasteiger partial charge in [-0.05, 0) is 42.1 Å². The predicted octanol–water partition coefficient (Wildman–Crippen LogP) is 3.71. The third kappa shape index (κ3) is 3.56. The Labute approximate surface area is 121 Å². The molecule has 0 bridgehead atoms. The number of hydrogen-bond donors (Lipinski definition) is 1. The number of carboxylic acid groups (broad SMARTS) is 1. The van der Waals surface area contributed by atoms with E-state index in [9.17, 15) is 10.0 Å². The van der Waals surface area contributed by atoms with Crippen molar-refractivity contribution in [2.75, 3.05) is 6.61 Å². The molecular weight excluding hydrogens is 272 g/mol. The monoisotopic (exact) mass is 286 g/mol. The van der Waals surface area contributed by atoms with Gasteiger partial charge in [-0.1, -0.05) is 12.1 Å². The van der Waals surface area contributed by atoms with Crippen LogP contribution in [0.15, 0.2) is 53.6 Å². The molecule has 1 N–H and O–H groups in total. The lowest BCUT2D eigenvalue weighted by atomic mass is 10.2. The number of ether oxygens (including phenoxy) is 1. The molecule has 0 aromatic heterocycles. The van der Waals surface area contributed by atoms with Gasteiger partial charge >= 0.3 is 5.97 Å². The Kier molecular flexibility index (Phi) is 4.50. The van der Waals surface area contributed by atoms with E-state index in [-0.39, 0.29) is 11.3 Å². The molecule has 0 saturated heterocycles. The molecule has 0 heterocycles. The summed E-state index contributed by atoms with van der Waals surface area (Å²) in [5, 5.41) is 24.9. The Balaban J connectivity index is 2.30. The van der Waals surface area contributed by atoms with Crippen molar-refractivity contribution in [1.82, 2.24) is 0 Å². The molecule has 0 atom stereocenters. The maximum absolute atomic E-state index is 12.0. The van der Waals surface area contributed by atoms with Gasteiger partial charge in [0.25, 0.3) is 5.69 Å². The third-order valence-electron chi connectivity index (χ3n) is 2.69. The summed E-state index contributed by atoms with van der Waals surface area (Å²) >= 11 is 0. The second-order valence-electron chi connectivity index (χ2n) is 4.12. The van der Waals surface area contributed by atoms with Gasteiger partial charge in [0, 0.05) is 11.2 Å². The van der Waals surface area contributed by atoms with E-state index in [0.717, 1.165) is 0 Å². The summed E-state index contributed by atoms with van der Waals surface area (Å²) in [6.07, 6.45) is 0. The molecule has 0 aliphatic carbocycles. The van der Waals surface area contributed by atoms with Gasteiger partial charge in [0.05, 0.1) is 6.61 Å². The first-order valence-electron chi connectivity index (χ1n) is 6.36. The topological polar surface area (TPSA) is 85.0 Å². The zero-order chi connectivity index (χ0) is 15.2. The van der Waals surface area contributed by atoms with Crippen molar-refractivity contribution < 1.29 is 19.5 Å². The minimum absolute atomic E-state index is 0.0149. The van der Waals surface area contributed by atoms with E-state index in [4.69, 9.17) is 9.84 Å². The number of carbonyl (C=O) groups is 1. The van der Waals surface area contributed by atoms with E-state index in [1.807, 2.05) is 6.92 Å².